The fourth-order valence-electron chi connectivity index (χ4n) is 2.09. The van der Waals surface area contributed by atoms with E-state index in [0.717, 1.165) is 0 Å². The van der Waals surface area contributed by atoms with Crippen LogP contribution in [0.4, 0.5) is 0 Å². The number of aromatic nitrogens is 1. The van der Waals surface area contributed by atoms with Gasteiger partial charge in [0.2, 0.25) is 0 Å². The molecule has 0 spiro atoms. The van der Waals surface area contributed by atoms with Gasteiger partial charge in [-0.25, -0.2) is 0 Å². The number of carbonyl (C=O) groups is 1. The molecule has 22 heavy (non-hydrogen) atoms. The Kier molecular flexibility index (Phi) is 4.82. The zero-order chi connectivity index (χ0) is 16.3. The van der Waals surface area contributed by atoms with Crippen molar-refractivity contribution in [2.75, 3.05) is 7.11 Å². The maximum Gasteiger partial charge on any atom is 0.257 e. The average molecular weight is 304 g/mol. The Hall–Kier alpha value is -2.34. The molecule has 1 atom stereocenters. The predicted molar refractivity (Wildman–Crippen MR) is 81.7 cm³/mol. The normalized spacial score (nSPS) is 12.3. The summed E-state index contributed by atoms with van der Waals surface area (Å²) in [6.07, 6.45) is -0.924. The van der Waals surface area contributed by atoms with Gasteiger partial charge in [0.25, 0.3) is 5.91 Å². The quantitative estimate of drug-likeness (QED) is 0.886. The van der Waals surface area contributed by atoms with Crippen LogP contribution in [0.2, 0.25) is 0 Å². The summed E-state index contributed by atoms with van der Waals surface area (Å²) in [4.78, 5) is 12.4. The highest BCUT2D eigenvalue weighted by Gasteiger charge is 2.26. The van der Waals surface area contributed by atoms with E-state index in [1.165, 1.54) is 6.92 Å². The Morgan fingerprint density at radius 2 is 1.91 bits per heavy atom. The number of rotatable bonds is 5. The van der Waals surface area contributed by atoms with E-state index >= 15 is 0 Å². The number of aliphatic hydroxyl groups is 1. The van der Waals surface area contributed by atoms with Crippen LogP contribution in [0.15, 0.2) is 28.8 Å². The molecule has 0 aliphatic rings. The van der Waals surface area contributed by atoms with Gasteiger partial charge in [-0.05, 0) is 45.0 Å². The number of aliphatic hydroxyl groups excluding tert-OH is 1. The summed E-state index contributed by atoms with van der Waals surface area (Å²) >= 11 is 0. The molecule has 1 aromatic heterocycles. The fraction of sp³-hybridized carbons (Fsp3) is 0.375. The number of nitrogens with one attached hydrogen (secondary N) is 1. The molecule has 1 heterocycles. The molecule has 0 fully saturated rings. The third kappa shape index (κ3) is 3.28. The van der Waals surface area contributed by atoms with Crippen molar-refractivity contribution in [2.45, 2.75) is 32.9 Å². The first-order chi connectivity index (χ1) is 10.4. The highest BCUT2D eigenvalue weighted by molar-refractivity contribution is 6.01. The maximum absolute atomic E-state index is 12.4. The van der Waals surface area contributed by atoms with E-state index in [4.69, 9.17) is 9.26 Å². The molecule has 1 amide bonds. The van der Waals surface area contributed by atoms with E-state index in [0.29, 0.717) is 17.0 Å². The van der Waals surface area contributed by atoms with Gasteiger partial charge in [-0.15, -0.1) is 0 Å². The van der Waals surface area contributed by atoms with Crippen LogP contribution in [-0.2, 0) is 0 Å². The van der Waals surface area contributed by atoms with Crippen molar-refractivity contribution in [1.82, 2.24) is 10.5 Å². The summed E-state index contributed by atoms with van der Waals surface area (Å²) < 4.78 is 10.3. The Morgan fingerprint density at radius 1 is 1.27 bits per heavy atom. The lowest BCUT2D eigenvalue weighted by atomic mass is 10.0. The minimum atomic E-state index is -0.924. The first kappa shape index (κ1) is 16.0. The van der Waals surface area contributed by atoms with Crippen molar-refractivity contribution < 1.29 is 19.2 Å². The van der Waals surface area contributed by atoms with Crippen LogP contribution in [-0.4, -0.2) is 29.3 Å². The van der Waals surface area contributed by atoms with Gasteiger partial charge in [0.05, 0.1) is 7.11 Å². The van der Waals surface area contributed by atoms with Crippen LogP contribution in [0.25, 0.3) is 11.3 Å². The molecule has 0 aliphatic carbocycles. The molecule has 2 N–H and O–H groups in total. The van der Waals surface area contributed by atoms with Crippen LogP contribution < -0.4 is 10.1 Å². The fourth-order valence-corrected chi connectivity index (χ4v) is 2.09. The smallest absolute Gasteiger partial charge is 0.257 e. The number of methoxy groups -OCH3 is 1. The topological polar surface area (TPSA) is 84.6 Å². The first-order valence-corrected chi connectivity index (χ1v) is 7.07. The average Bonchev–Trinajstić information content (AvgIpc) is 2.91. The predicted octanol–water partition coefficient (Wildman–Crippen LogP) is 2.54. The monoisotopic (exact) mass is 304 g/mol. The van der Waals surface area contributed by atoms with E-state index < -0.39 is 6.10 Å². The van der Waals surface area contributed by atoms with Crippen molar-refractivity contribution in [3.8, 4) is 17.0 Å². The summed E-state index contributed by atoms with van der Waals surface area (Å²) in [6, 6.07) is 7.09. The summed E-state index contributed by atoms with van der Waals surface area (Å²) in [6.45, 7) is 5.26. The number of hydrogen-bond acceptors (Lipinski definition) is 5. The lowest BCUT2D eigenvalue weighted by Gasteiger charge is -2.10. The van der Waals surface area contributed by atoms with Gasteiger partial charge in [0, 0.05) is 11.6 Å². The molecule has 118 valence electrons. The van der Waals surface area contributed by atoms with Crippen LogP contribution in [0.1, 0.15) is 43.0 Å². The molecule has 2 aromatic rings. The summed E-state index contributed by atoms with van der Waals surface area (Å²) in [5.74, 6) is 0.540. The van der Waals surface area contributed by atoms with Crippen LogP contribution >= 0.6 is 0 Å². The van der Waals surface area contributed by atoms with Crippen molar-refractivity contribution in [1.29, 1.82) is 0 Å². The van der Waals surface area contributed by atoms with E-state index in [-0.39, 0.29) is 23.3 Å². The van der Waals surface area contributed by atoms with Gasteiger partial charge in [-0.2, -0.15) is 0 Å². The third-order valence-corrected chi connectivity index (χ3v) is 3.11. The summed E-state index contributed by atoms with van der Waals surface area (Å²) in [5.41, 5.74) is 1.37. The molecule has 1 unspecified atom stereocenters. The highest BCUT2D eigenvalue weighted by atomic mass is 16.5. The van der Waals surface area contributed by atoms with Crippen molar-refractivity contribution in [3.63, 3.8) is 0 Å². The van der Waals surface area contributed by atoms with Crippen LogP contribution in [0.3, 0.4) is 0 Å². The van der Waals surface area contributed by atoms with E-state index in [2.05, 4.69) is 10.5 Å². The highest BCUT2D eigenvalue weighted by Crippen LogP contribution is 2.30. The van der Waals surface area contributed by atoms with Gasteiger partial charge in [0.1, 0.15) is 23.1 Å². The van der Waals surface area contributed by atoms with Crippen LogP contribution in [0.5, 0.6) is 5.75 Å². The van der Waals surface area contributed by atoms with Crippen LogP contribution in [0, 0.1) is 0 Å². The van der Waals surface area contributed by atoms with Crippen molar-refractivity contribution >= 4 is 5.91 Å². The molecular weight excluding hydrogens is 284 g/mol. The zero-order valence-electron chi connectivity index (χ0n) is 13.1. The Labute approximate surface area is 129 Å². The van der Waals surface area contributed by atoms with E-state index in [1.54, 1.807) is 31.4 Å². The van der Waals surface area contributed by atoms with E-state index in [1.807, 2.05) is 13.8 Å². The van der Waals surface area contributed by atoms with Crippen molar-refractivity contribution in [2.24, 2.45) is 0 Å². The molecular formula is C16H20N2O4. The number of benzene rings is 1. The first-order valence-electron chi connectivity index (χ1n) is 7.07. The molecule has 1 aromatic carbocycles. The SMILES string of the molecule is COc1ccc(-c2noc(C(C)O)c2C(=O)NC(C)C)cc1. The van der Waals surface area contributed by atoms with Gasteiger partial charge >= 0.3 is 0 Å². The minimum absolute atomic E-state index is 0.0343. The van der Waals surface area contributed by atoms with Gasteiger partial charge in [-0.1, -0.05) is 5.16 Å². The van der Waals surface area contributed by atoms with E-state index in [9.17, 15) is 9.90 Å². The third-order valence-electron chi connectivity index (χ3n) is 3.11. The Morgan fingerprint density at radius 3 is 2.41 bits per heavy atom. The molecule has 0 bridgehead atoms. The molecule has 6 heteroatoms. The molecule has 2 rings (SSSR count). The second kappa shape index (κ2) is 6.62. The number of ether oxygens (including phenoxy) is 1. The van der Waals surface area contributed by atoms with Gasteiger partial charge < -0.3 is 19.7 Å². The standard InChI is InChI=1S/C16H20N2O4/c1-9(2)17-16(20)13-14(18-22-15(13)10(3)19)11-5-7-12(21-4)8-6-11/h5-10,19H,1-4H3,(H,17,20). The molecule has 6 nitrogen and oxygen atoms in total. The van der Waals surface area contributed by atoms with Crippen molar-refractivity contribution in [3.05, 3.63) is 35.6 Å². The second-order valence-corrected chi connectivity index (χ2v) is 5.30. The lowest BCUT2D eigenvalue weighted by molar-refractivity contribution is 0.0930. The number of amides is 1. The second-order valence-electron chi connectivity index (χ2n) is 5.30. The largest absolute Gasteiger partial charge is 0.497 e. The van der Waals surface area contributed by atoms with Gasteiger partial charge in [0.15, 0.2) is 5.76 Å². The van der Waals surface area contributed by atoms with Gasteiger partial charge in [-0.3, -0.25) is 4.79 Å². The summed E-state index contributed by atoms with van der Waals surface area (Å²) in [5, 5.41) is 16.5. The Balaban J connectivity index is 2.48. The number of nitrogens with zero attached hydrogens (tertiary/aromatic N) is 1. The molecule has 0 aliphatic heterocycles. The molecule has 0 saturated carbocycles. The molecule has 0 radical (unpaired) electrons. The summed E-state index contributed by atoms with van der Waals surface area (Å²) in [7, 11) is 1.58. The number of hydrogen-bond donors (Lipinski definition) is 2. The zero-order valence-corrected chi connectivity index (χ0v) is 13.1. The maximum atomic E-state index is 12.4. The molecule has 0 saturated heterocycles. The Bertz CT molecular complexity index is 645. The number of carbonyl (C=O) groups excluding carboxylic acids is 1. The lowest BCUT2D eigenvalue weighted by Crippen LogP contribution is -2.31. The minimum Gasteiger partial charge on any atom is -0.497 e.